The fourth-order valence-electron chi connectivity index (χ4n) is 1.09. The molecule has 3 N–H and O–H groups in total. The van der Waals surface area contributed by atoms with Crippen molar-refractivity contribution >= 4 is 16.0 Å². The van der Waals surface area contributed by atoms with E-state index in [9.17, 15) is 31.5 Å². The van der Waals surface area contributed by atoms with Crippen LogP contribution in [0.25, 0.3) is 0 Å². The molecular weight excluding hydrogens is 307 g/mol. The van der Waals surface area contributed by atoms with Gasteiger partial charge in [0.15, 0.2) is 6.61 Å². The summed E-state index contributed by atoms with van der Waals surface area (Å²) in [5.74, 6) is -2.29. The first-order chi connectivity index (χ1) is 9.03. The Bertz CT molecular complexity index is 613. The van der Waals surface area contributed by atoms with Gasteiger partial charge in [0.2, 0.25) is 0 Å². The molecule has 0 bridgehead atoms. The molecule has 0 amide bonds. The number of aromatic carboxylic acids is 1. The third-order valence-corrected chi connectivity index (χ3v) is 3.12. The lowest BCUT2D eigenvalue weighted by molar-refractivity contribution is -0.181. The summed E-state index contributed by atoms with van der Waals surface area (Å²) in [6.07, 6.45) is -4.73. The summed E-state index contributed by atoms with van der Waals surface area (Å²) >= 11 is 0. The normalized spacial score (nSPS) is 12.3. The SMILES string of the molecule is O=C(O)c1cc(S(=O)(=O)NOCC(F)(F)F)ccc1O. The number of halogens is 3. The number of alkyl halides is 3. The lowest BCUT2D eigenvalue weighted by Gasteiger charge is -2.10. The Morgan fingerprint density at radius 3 is 2.45 bits per heavy atom. The van der Waals surface area contributed by atoms with Gasteiger partial charge in [-0.3, -0.25) is 4.84 Å². The van der Waals surface area contributed by atoms with E-state index < -0.39 is 45.0 Å². The first-order valence-electron chi connectivity index (χ1n) is 4.79. The Kier molecular flexibility index (Phi) is 4.57. The molecule has 20 heavy (non-hydrogen) atoms. The highest BCUT2D eigenvalue weighted by molar-refractivity contribution is 7.89. The van der Waals surface area contributed by atoms with Crippen molar-refractivity contribution in [3.63, 3.8) is 0 Å². The molecule has 0 spiro atoms. The highest BCUT2D eigenvalue weighted by Crippen LogP contribution is 2.21. The number of aromatic hydroxyl groups is 1. The number of carbonyl (C=O) groups is 1. The smallest absolute Gasteiger partial charge is 0.413 e. The standard InChI is InChI=1S/C9H8F3NO6S/c10-9(11,12)4-19-13-20(17,18)5-1-2-7(14)6(3-5)8(15)16/h1-3,13-14H,4H2,(H,15,16). The van der Waals surface area contributed by atoms with Gasteiger partial charge in [0.1, 0.15) is 11.3 Å². The van der Waals surface area contributed by atoms with Gasteiger partial charge in [-0.2, -0.15) is 13.2 Å². The maximum Gasteiger partial charge on any atom is 0.413 e. The van der Waals surface area contributed by atoms with Crippen LogP contribution in [0, 0.1) is 0 Å². The van der Waals surface area contributed by atoms with E-state index in [4.69, 9.17) is 5.11 Å². The minimum Gasteiger partial charge on any atom is -0.507 e. The molecule has 0 aromatic heterocycles. The summed E-state index contributed by atoms with van der Waals surface area (Å²) in [5.41, 5.74) is -0.719. The van der Waals surface area contributed by atoms with E-state index in [1.807, 2.05) is 0 Å². The summed E-state index contributed by atoms with van der Waals surface area (Å²) in [4.78, 5) is 15.0. The molecule has 0 unspecified atom stereocenters. The second kappa shape index (κ2) is 5.64. The Balaban J connectivity index is 2.93. The van der Waals surface area contributed by atoms with Gasteiger partial charge in [-0.05, 0) is 18.2 Å². The highest BCUT2D eigenvalue weighted by Gasteiger charge is 2.29. The number of hydrogen-bond acceptors (Lipinski definition) is 5. The van der Waals surface area contributed by atoms with E-state index in [1.165, 1.54) is 4.89 Å². The third kappa shape index (κ3) is 4.36. The van der Waals surface area contributed by atoms with Crippen molar-refractivity contribution in [2.45, 2.75) is 11.1 Å². The molecule has 1 aromatic carbocycles. The minimum absolute atomic E-state index is 0.580. The number of benzene rings is 1. The van der Waals surface area contributed by atoms with E-state index in [0.717, 1.165) is 12.1 Å². The minimum atomic E-state index is -4.73. The van der Waals surface area contributed by atoms with Crippen molar-refractivity contribution in [3.8, 4) is 5.75 Å². The molecule has 0 fully saturated rings. The number of carboxylic acids is 1. The fraction of sp³-hybridized carbons (Fsp3) is 0.222. The van der Waals surface area contributed by atoms with Crippen LogP contribution >= 0.6 is 0 Å². The summed E-state index contributed by atoms with van der Waals surface area (Å²) in [6, 6.07) is 2.17. The van der Waals surface area contributed by atoms with E-state index >= 15 is 0 Å². The van der Waals surface area contributed by atoms with Crippen LogP contribution in [0.2, 0.25) is 0 Å². The maximum absolute atomic E-state index is 11.8. The van der Waals surface area contributed by atoms with Crippen molar-refractivity contribution in [1.82, 2.24) is 4.89 Å². The lowest BCUT2D eigenvalue weighted by Crippen LogP contribution is -2.29. The van der Waals surface area contributed by atoms with E-state index in [1.54, 1.807) is 0 Å². The van der Waals surface area contributed by atoms with Gasteiger partial charge in [-0.25, -0.2) is 13.2 Å². The molecule has 1 aromatic rings. The third-order valence-electron chi connectivity index (χ3n) is 1.91. The summed E-state index contributed by atoms with van der Waals surface area (Å²) in [6.45, 7) is -1.85. The number of phenols is 1. The Hall–Kier alpha value is -1.85. The summed E-state index contributed by atoms with van der Waals surface area (Å²) < 4.78 is 58.4. The summed E-state index contributed by atoms with van der Waals surface area (Å²) in [5, 5.41) is 17.9. The molecular formula is C9H8F3NO6S. The lowest BCUT2D eigenvalue weighted by atomic mass is 10.2. The zero-order valence-corrected chi connectivity index (χ0v) is 10.3. The van der Waals surface area contributed by atoms with Crippen LogP contribution in [0.15, 0.2) is 23.1 Å². The van der Waals surface area contributed by atoms with Crippen molar-refractivity contribution in [1.29, 1.82) is 0 Å². The van der Waals surface area contributed by atoms with Crippen molar-refractivity contribution < 1.29 is 41.4 Å². The molecule has 0 aliphatic heterocycles. The number of hydrogen-bond donors (Lipinski definition) is 3. The van der Waals surface area contributed by atoms with E-state index in [-0.39, 0.29) is 0 Å². The van der Waals surface area contributed by atoms with E-state index in [2.05, 4.69) is 4.84 Å². The van der Waals surface area contributed by atoms with Crippen LogP contribution in [-0.4, -0.2) is 37.4 Å². The highest BCUT2D eigenvalue weighted by atomic mass is 32.2. The van der Waals surface area contributed by atoms with Gasteiger partial charge in [-0.1, -0.05) is 4.89 Å². The van der Waals surface area contributed by atoms with Gasteiger partial charge < -0.3 is 10.2 Å². The van der Waals surface area contributed by atoms with Crippen molar-refractivity contribution in [3.05, 3.63) is 23.8 Å². The Morgan fingerprint density at radius 1 is 1.35 bits per heavy atom. The van der Waals surface area contributed by atoms with Crippen molar-refractivity contribution in [2.75, 3.05) is 6.61 Å². The van der Waals surface area contributed by atoms with Gasteiger partial charge in [0.05, 0.1) is 4.90 Å². The number of rotatable bonds is 5. The molecule has 7 nitrogen and oxygen atoms in total. The molecule has 0 saturated carbocycles. The fourth-order valence-corrected chi connectivity index (χ4v) is 1.92. The first-order valence-corrected chi connectivity index (χ1v) is 6.28. The van der Waals surface area contributed by atoms with Crippen LogP contribution in [0.3, 0.4) is 0 Å². The molecule has 0 saturated heterocycles. The number of carboxylic acid groups (broad SMARTS) is 1. The zero-order chi connectivity index (χ0) is 15.6. The molecule has 0 heterocycles. The van der Waals surface area contributed by atoms with Gasteiger partial charge in [0, 0.05) is 0 Å². The predicted molar refractivity (Wildman–Crippen MR) is 57.4 cm³/mol. The largest absolute Gasteiger partial charge is 0.507 e. The maximum atomic E-state index is 11.8. The average Bonchev–Trinajstić information content (AvgIpc) is 2.26. The average molecular weight is 315 g/mol. The topological polar surface area (TPSA) is 113 Å². The quantitative estimate of drug-likeness (QED) is 0.695. The zero-order valence-electron chi connectivity index (χ0n) is 9.51. The second-order valence-corrected chi connectivity index (χ2v) is 5.12. The Morgan fingerprint density at radius 2 is 1.95 bits per heavy atom. The Labute approximate surface area is 110 Å². The first kappa shape index (κ1) is 16.2. The molecule has 0 aliphatic rings. The van der Waals surface area contributed by atoms with Crippen LogP contribution in [0.1, 0.15) is 10.4 Å². The number of sulfonamides is 1. The number of nitrogens with one attached hydrogen (secondary N) is 1. The van der Waals surface area contributed by atoms with Crippen LogP contribution in [-0.2, 0) is 14.9 Å². The molecule has 1 rings (SSSR count). The van der Waals surface area contributed by atoms with Crippen LogP contribution < -0.4 is 4.89 Å². The van der Waals surface area contributed by atoms with Gasteiger partial charge in [-0.15, -0.1) is 0 Å². The molecule has 0 radical (unpaired) electrons. The molecule has 0 aliphatic carbocycles. The molecule has 112 valence electrons. The molecule has 0 atom stereocenters. The van der Waals surface area contributed by atoms with Gasteiger partial charge >= 0.3 is 12.1 Å². The monoisotopic (exact) mass is 315 g/mol. The van der Waals surface area contributed by atoms with Crippen LogP contribution in [0.4, 0.5) is 13.2 Å². The van der Waals surface area contributed by atoms with E-state index in [0.29, 0.717) is 6.07 Å². The second-order valence-electron chi connectivity index (χ2n) is 3.47. The predicted octanol–water partition coefficient (Wildman–Crippen LogP) is 0.863. The molecule has 11 heteroatoms. The summed E-state index contributed by atoms with van der Waals surface area (Å²) in [7, 11) is -4.50. The van der Waals surface area contributed by atoms with Crippen molar-refractivity contribution in [2.24, 2.45) is 0 Å². The van der Waals surface area contributed by atoms with Crippen LogP contribution in [0.5, 0.6) is 5.75 Å². The van der Waals surface area contributed by atoms with Gasteiger partial charge in [0.25, 0.3) is 10.0 Å².